The van der Waals surface area contributed by atoms with Crippen LogP contribution in [0, 0.1) is 0 Å². The smallest absolute Gasteiger partial charge is 0.107 e. The van der Waals surface area contributed by atoms with Crippen LogP contribution in [0.25, 0.3) is 0 Å². The third kappa shape index (κ3) is 32.7. The Balaban J connectivity index is 3.47. The molecule has 0 amide bonds. The van der Waals surface area contributed by atoms with Crippen molar-refractivity contribution in [2.24, 2.45) is 0 Å². The van der Waals surface area contributed by atoms with E-state index >= 15 is 0 Å². The van der Waals surface area contributed by atoms with Crippen molar-refractivity contribution in [3.05, 3.63) is 0 Å². The van der Waals surface area contributed by atoms with Gasteiger partial charge in [0.15, 0.2) is 0 Å². The second-order valence-electron chi connectivity index (χ2n) is 13.5. The fourth-order valence-corrected chi connectivity index (χ4v) is 6.39. The van der Waals surface area contributed by atoms with Crippen molar-refractivity contribution in [2.45, 2.75) is 239 Å². The highest BCUT2D eigenvalue weighted by Gasteiger charge is 2.12. The molecule has 0 spiro atoms. The maximum Gasteiger partial charge on any atom is 0.107 e. The number of hydrogen-bond acceptors (Lipinski definition) is 2. The van der Waals surface area contributed by atoms with Gasteiger partial charge in [-0.05, 0) is 19.3 Å². The van der Waals surface area contributed by atoms with Gasteiger partial charge < -0.3 is 5.11 Å². The summed E-state index contributed by atoms with van der Waals surface area (Å²) in [6.45, 7) is 8.91. The summed E-state index contributed by atoms with van der Waals surface area (Å²) in [7, 11) is 0. The molecule has 0 heterocycles. The summed E-state index contributed by atoms with van der Waals surface area (Å²) in [6, 6.07) is 0. The lowest BCUT2D eigenvalue weighted by molar-refractivity contribution is -0.00101. The van der Waals surface area contributed by atoms with Gasteiger partial charge in [0.25, 0.3) is 0 Å². The topological polar surface area (TPSA) is 23.5 Å². The van der Waals surface area contributed by atoms with Crippen LogP contribution in [-0.2, 0) is 0 Å². The summed E-state index contributed by atoms with van der Waals surface area (Å²) in [6.07, 6.45) is 46.1. The van der Waals surface area contributed by atoms with E-state index in [1.165, 1.54) is 205 Å². The molecular formula is C39H81NO. The zero-order valence-electron chi connectivity index (χ0n) is 29.2. The van der Waals surface area contributed by atoms with E-state index < -0.39 is 0 Å². The van der Waals surface area contributed by atoms with Crippen LogP contribution in [0.3, 0.4) is 0 Å². The SMILES string of the molecule is CCCCCCCCCCCCCCCCCCN(CCCCCCCCCCCCCCCCCC)C(O)CC. The van der Waals surface area contributed by atoms with Crippen LogP contribution in [-0.4, -0.2) is 29.3 Å². The summed E-state index contributed by atoms with van der Waals surface area (Å²) in [5.74, 6) is 0. The quantitative estimate of drug-likeness (QED) is 0.0589. The first kappa shape index (κ1) is 40.9. The normalized spacial score (nSPS) is 12.5. The second-order valence-corrected chi connectivity index (χ2v) is 13.5. The van der Waals surface area contributed by atoms with Gasteiger partial charge in [-0.15, -0.1) is 0 Å². The number of aliphatic hydroxyl groups is 1. The van der Waals surface area contributed by atoms with Gasteiger partial charge in [-0.3, -0.25) is 4.90 Å². The predicted octanol–water partition coefficient (Wildman–Crippen LogP) is 13.5. The molecule has 1 unspecified atom stereocenters. The number of aliphatic hydroxyl groups excluding tert-OH is 1. The van der Waals surface area contributed by atoms with Crippen molar-refractivity contribution in [3.63, 3.8) is 0 Å². The highest BCUT2D eigenvalue weighted by molar-refractivity contribution is 4.62. The fourth-order valence-electron chi connectivity index (χ4n) is 6.39. The highest BCUT2D eigenvalue weighted by atomic mass is 16.3. The first-order chi connectivity index (χ1) is 20.3. The minimum absolute atomic E-state index is 0.234. The average molecular weight is 580 g/mol. The van der Waals surface area contributed by atoms with Crippen LogP contribution in [0.2, 0.25) is 0 Å². The number of rotatable bonds is 36. The average Bonchev–Trinajstić information content (AvgIpc) is 2.99. The van der Waals surface area contributed by atoms with Crippen LogP contribution in [0.1, 0.15) is 233 Å². The zero-order valence-corrected chi connectivity index (χ0v) is 29.2. The van der Waals surface area contributed by atoms with Crippen molar-refractivity contribution in [3.8, 4) is 0 Å². The van der Waals surface area contributed by atoms with E-state index in [0.717, 1.165) is 19.5 Å². The molecule has 2 nitrogen and oxygen atoms in total. The van der Waals surface area contributed by atoms with Crippen LogP contribution in [0.5, 0.6) is 0 Å². The van der Waals surface area contributed by atoms with Crippen molar-refractivity contribution < 1.29 is 5.11 Å². The molecule has 0 aliphatic carbocycles. The molecule has 41 heavy (non-hydrogen) atoms. The predicted molar refractivity (Wildman–Crippen MR) is 187 cm³/mol. The first-order valence-corrected chi connectivity index (χ1v) is 19.7. The Labute approximate surface area is 261 Å². The van der Waals surface area contributed by atoms with E-state index in [9.17, 15) is 5.11 Å². The standard InChI is InChI=1S/C39H81NO/c1-4-7-9-11-13-15-17-19-21-23-25-27-29-31-33-35-37-40(39(41)6-3)38-36-34-32-30-28-26-24-22-20-18-16-14-12-10-8-5-2/h39,41H,4-38H2,1-3H3. The molecule has 0 aromatic heterocycles. The van der Waals surface area contributed by atoms with Gasteiger partial charge in [-0.2, -0.15) is 0 Å². The van der Waals surface area contributed by atoms with Gasteiger partial charge in [-0.25, -0.2) is 0 Å². The van der Waals surface area contributed by atoms with Gasteiger partial charge >= 0.3 is 0 Å². The fraction of sp³-hybridized carbons (Fsp3) is 1.00. The number of hydrogen-bond donors (Lipinski definition) is 1. The lowest BCUT2D eigenvalue weighted by Crippen LogP contribution is -2.36. The van der Waals surface area contributed by atoms with Crippen molar-refractivity contribution in [1.82, 2.24) is 4.90 Å². The Morgan fingerprint density at radius 2 is 0.512 bits per heavy atom. The summed E-state index contributed by atoms with van der Waals surface area (Å²) in [4.78, 5) is 2.37. The van der Waals surface area contributed by atoms with E-state index in [2.05, 4.69) is 25.7 Å². The van der Waals surface area contributed by atoms with Gasteiger partial charge in [0.2, 0.25) is 0 Å². The van der Waals surface area contributed by atoms with Crippen LogP contribution in [0.4, 0.5) is 0 Å². The monoisotopic (exact) mass is 580 g/mol. The Morgan fingerprint density at radius 1 is 0.317 bits per heavy atom. The molecule has 0 aliphatic rings. The van der Waals surface area contributed by atoms with Gasteiger partial charge in [0, 0.05) is 13.1 Å². The third-order valence-electron chi connectivity index (χ3n) is 9.38. The van der Waals surface area contributed by atoms with E-state index in [0.29, 0.717) is 0 Å². The third-order valence-corrected chi connectivity index (χ3v) is 9.38. The zero-order chi connectivity index (χ0) is 29.9. The summed E-state index contributed by atoms with van der Waals surface area (Å²) >= 11 is 0. The molecule has 1 atom stereocenters. The molecule has 0 saturated heterocycles. The lowest BCUT2D eigenvalue weighted by atomic mass is 10.0. The second kappa shape index (κ2) is 36.1. The van der Waals surface area contributed by atoms with Gasteiger partial charge in [-0.1, -0.05) is 213 Å². The maximum absolute atomic E-state index is 10.5. The van der Waals surface area contributed by atoms with E-state index in [4.69, 9.17) is 0 Å². The Hall–Kier alpha value is -0.0800. The lowest BCUT2D eigenvalue weighted by Gasteiger charge is -2.27. The van der Waals surface area contributed by atoms with Crippen LogP contribution in [0.15, 0.2) is 0 Å². The molecule has 1 N–H and O–H groups in total. The van der Waals surface area contributed by atoms with Crippen LogP contribution < -0.4 is 0 Å². The molecule has 0 saturated carbocycles. The van der Waals surface area contributed by atoms with Crippen molar-refractivity contribution >= 4 is 0 Å². The van der Waals surface area contributed by atoms with Crippen molar-refractivity contribution in [2.75, 3.05) is 13.1 Å². The number of nitrogens with zero attached hydrogens (tertiary/aromatic N) is 1. The molecule has 0 radical (unpaired) electrons. The molecule has 0 bridgehead atoms. The van der Waals surface area contributed by atoms with E-state index in [1.54, 1.807) is 0 Å². The maximum atomic E-state index is 10.5. The molecule has 0 aromatic rings. The Morgan fingerprint density at radius 3 is 0.707 bits per heavy atom. The molecule has 2 heteroatoms. The van der Waals surface area contributed by atoms with Crippen LogP contribution >= 0.6 is 0 Å². The molecule has 248 valence electrons. The molecule has 0 aromatic carbocycles. The van der Waals surface area contributed by atoms with Crippen molar-refractivity contribution in [1.29, 1.82) is 0 Å². The highest BCUT2D eigenvalue weighted by Crippen LogP contribution is 2.16. The molecule has 0 rings (SSSR count). The molecule has 0 aliphatic heterocycles. The number of unbranched alkanes of at least 4 members (excludes halogenated alkanes) is 30. The summed E-state index contributed by atoms with van der Waals surface area (Å²) in [5.41, 5.74) is 0. The Kier molecular flexibility index (Phi) is 36.0. The molecule has 0 fully saturated rings. The van der Waals surface area contributed by atoms with E-state index in [1.807, 2.05) is 0 Å². The Bertz CT molecular complexity index is 417. The van der Waals surface area contributed by atoms with Gasteiger partial charge in [0.05, 0.1) is 0 Å². The van der Waals surface area contributed by atoms with E-state index in [-0.39, 0.29) is 6.23 Å². The molecular weight excluding hydrogens is 498 g/mol. The van der Waals surface area contributed by atoms with Gasteiger partial charge in [0.1, 0.15) is 6.23 Å². The largest absolute Gasteiger partial charge is 0.378 e. The minimum atomic E-state index is -0.234. The summed E-state index contributed by atoms with van der Waals surface area (Å²) in [5, 5.41) is 10.5. The first-order valence-electron chi connectivity index (χ1n) is 19.7. The minimum Gasteiger partial charge on any atom is -0.378 e. The summed E-state index contributed by atoms with van der Waals surface area (Å²) < 4.78 is 0.